The average molecular weight is 481 g/mol. The minimum Gasteiger partial charge on any atom is -0.497 e. The van der Waals surface area contributed by atoms with Crippen LogP contribution in [-0.2, 0) is 7.05 Å². The predicted molar refractivity (Wildman–Crippen MR) is 139 cm³/mol. The van der Waals surface area contributed by atoms with Crippen molar-refractivity contribution in [3.05, 3.63) is 107 Å². The molecule has 0 aliphatic carbocycles. The molecule has 0 saturated heterocycles. The molecule has 0 unspecified atom stereocenters. The molecule has 0 aliphatic heterocycles. The van der Waals surface area contributed by atoms with Crippen LogP contribution in [0.2, 0.25) is 0 Å². The lowest BCUT2D eigenvalue weighted by Gasteiger charge is -2.10. The normalized spacial score (nSPS) is 10.9. The number of rotatable bonds is 6. The molecule has 2 aromatic heterocycles. The number of hydrogen-bond donors (Lipinski definition) is 1. The molecule has 36 heavy (non-hydrogen) atoms. The highest BCUT2D eigenvalue weighted by atomic mass is 16.5. The molecule has 5 rings (SSSR count). The summed E-state index contributed by atoms with van der Waals surface area (Å²) in [6.45, 7) is 1.75. The molecule has 0 bridgehead atoms. The van der Waals surface area contributed by atoms with Crippen molar-refractivity contribution in [3.63, 3.8) is 0 Å². The lowest BCUT2D eigenvalue weighted by molar-refractivity contribution is 0.102. The number of amides is 1. The molecular formula is C28H24N4O4. The zero-order valence-electron chi connectivity index (χ0n) is 20.1. The quantitative estimate of drug-likeness (QED) is 0.366. The number of carbonyl (C=O) groups excluding carboxylic acids is 1. The van der Waals surface area contributed by atoms with Crippen LogP contribution in [0.5, 0.6) is 17.2 Å². The highest BCUT2D eigenvalue weighted by molar-refractivity contribution is 6.05. The van der Waals surface area contributed by atoms with E-state index in [4.69, 9.17) is 9.47 Å². The summed E-state index contributed by atoms with van der Waals surface area (Å²) in [4.78, 5) is 30.5. The van der Waals surface area contributed by atoms with Gasteiger partial charge in [0, 0.05) is 30.4 Å². The van der Waals surface area contributed by atoms with Crippen LogP contribution in [0.15, 0.2) is 89.9 Å². The summed E-state index contributed by atoms with van der Waals surface area (Å²) < 4.78 is 14.5. The Hall–Kier alpha value is -4.85. The second-order valence-electron chi connectivity index (χ2n) is 8.21. The van der Waals surface area contributed by atoms with Crippen LogP contribution in [-0.4, -0.2) is 27.4 Å². The summed E-state index contributed by atoms with van der Waals surface area (Å²) in [7, 11) is 3.37. The first-order valence-corrected chi connectivity index (χ1v) is 11.3. The number of hydrogen-bond acceptors (Lipinski definition) is 5. The number of fused-ring (bicyclic) bond motifs is 1. The van der Waals surface area contributed by atoms with Gasteiger partial charge in [0.25, 0.3) is 11.5 Å². The van der Waals surface area contributed by atoms with E-state index >= 15 is 0 Å². The van der Waals surface area contributed by atoms with Gasteiger partial charge in [-0.1, -0.05) is 18.2 Å². The van der Waals surface area contributed by atoms with Crippen LogP contribution in [0.25, 0.3) is 16.6 Å². The Morgan fingerprint density at radius 1 is 0.944 bits per heavy atom. The summed E-state index contributed by atoms with van der Waals surface area (Å²) in [5.74, 6) is 1.50. The van der Waals surface area contributed by atoms with Crippen LogP contribution in [0.1, 0.15) is 16.1 Å². The number of nitrogens with zero attached hydrogens (tertiary/aromatic N) is 3. The van der Waals surface area contributed by atoms with E-state index in [1.165, 1.54) is 4.68 Å². The van der Waals surface area contributed by atoms with Crippen LogP contribution < -0.4 is 20.3 Å². The lowest BCUT2D eigenvalue weighted by atomic mass is 10.2. The lowest BCUT2D eigenvalue weighted by Crippen LogP contribution is -2.25. The molecule has 0 aliphatic rings. The van der Waals surface area contributed by atoms with Gasteiger partial charge in [-0.2, -0.15) is 0 Å². The number of benzene rings is 3. The summed E-state index contributed by atoms with van der Waals surface area (Å²) in [6.07, 6.45) is 1.68. The third kappa shape index (κ3) is 4.20. The average Bonchev–Trinajstić information content (AvgIpc) is 3.13. The van der Waals surface area contributed by atoms with Crippen molar-refractivity contribution >= 4 is 22.5 Å². The van der Waals surface area contributed by atoms with E-state index < -0.39 is 5.91 Å². The van der Waals surface area contributed by atoms with Gasteiger partial charge in [0.05, 0.1) is 24.0 Å². The number of ether oxygens (including phenoxy) is 2. The van der Waals surface area contributed by atoms with Gasteiger partial charge in [0.1, 0.15) is 22.8 Å². The molecule has 0 fully saturated rings. The van der Waals surface area contributed by atoms with Gasteiger partial charge in [-0.3, -0.25) is 19.3 Å². The van der Waals surface area contributed by atoms with Gasteiger partial charge in [-0.05, 0) is 61.5 Å². The highest BCUT2D eigenvalue weighted by Crippen LogP contribution is 2.31. The second-order valence-corrected chi connectivity index (χ2v) is 8.21. The van der Waals surface area contributed by atoms with E-state index in [2.05, 4.69) is 10.3 Å². The summed E-state index contributed by atoms with van der Waals surface area (Å²) in [6, 6.07) is 23.6. The third-order valence-corrected chi connectivity index (χ3v) is 6.03. The molecule has 0 spiro atoms. The molecule has 0 atom stereocenters. The van der Waals surface area contributed by atoms with Gasteiger partial charge in [0.2, 0.25) is 0 Å². The smallest absolute Gasteiger partial charge is 0.284 e. The molecule has 3 aromatic carbocycles. The van der Waals surface area contributed by atoms with Crippen molar-refractivity contribution in [3.8, 4) is 22.9 Å². The van der Waals surface area contributed by atoms with E-state index in [-0.39, 0.29) is 11.1 Å². The number of anilines is 1. The van der Waals surface area contributed by atoms with Crippen LogP contribution in [0.3, 0.4) is 0 Å². The SMILES string of the molecule is COc1ccc2c(Oc3ccc(NC(=O)c4c(C)n(C)n(-c5ccccc5)c4=O)cc3)ccnc2c1. The minimum absolute atomic E-state index is 0.0976. The van der Waals surface area contributed by atoms with Crippen molar-refractivity contribution in [1.29, 1.82) is 0 Å². The number of methoxy groups -OCH3 is 1. The Morgan fingerprint density at radius 2 is 1.67 bits per heavy atom. The molecule has 8 heteroatoms. The van der Waals surface area contributed by atoms with E-state index in [1.807, 2.05) is 48.5 Å². The van der Waals surface area contributed by atoms with Crippen molar-refractivity contribution < 1.29 is 14.3 Å². The molecule has 1 amide bonds. The Labute approximate surface area is 207 Å². The van der Waals surface area contributed by atoms with Gasteiger partial charge < -0.3 is 14.8 Å². The number of nitrogens with one attached hydrogen (secondary N) is 1. The maximum absolute atomic E-state index is 13.1. The van der Waals surface area contributed by atoms with Crippen molar-refractivity contribution in [1.82, 2.24) is 14.3 Å². The molecule has 5 aromatic rings. The summed E-state index contributed by atoms with van der Waals surface area (Å²) >= 11 is 0. The Balaban J connectivity index is 1.36. The first-order valence-electron chi connectivity index (χ1n) is 11.3. The summed E-state index contributed by atoms with van der Waals surface area (Å²) in [5, 5.41) is 3.67. The van der Waals surface area contributed by atoms with Gasteiger partial charge >= 0.3 is 0 Å². The van der Waals surface area contributed by atoms with Crippen molar-refractivity contribution in [2.75, 3.05) is 12.4 Å². The largest absolute Gasteiger partial charge is 0.497 e. The van der Waals surface area contributed by atoms with Gasteiger partial charge in [-0.15, -0.1) is 0 Å². The minimum atomic E-state index is -0.467. The van der Waals surface area contributed by atoms with E-state index in [1.54, 1.807) is 62.3 Å². The molecule has 0 saturated carbocycles. The van der Waals surface area contributed by atoms with Gasteiger partial charge in [0.15, 0.2) is 0 Å². The van der Waals surface area contributed by atoms with Crippen LogP contribution in [0.4, 0.5) is 5.69 Å². The molecule has 180 valence electrons. The number of pyridine rings is 1. The Bertz CT molecular complexity index is 1620. The van der Waals surface area contributed by atoms with Crippen molar-refractivity contribution in [2.45, 2.75) is 6.92 Å². The topological polar surface area (TPSA) is 87.4 Å². The number of carbonyl (C=O) groups is 1. The van der Waals surface area contributed by atoms with E-state index in [0.29, 0.717) is 28.6 Å². The standard InChI is InChI=1S/C28H24N4O4/c1-18-26(28(34)32(31(18)2)20-7-5-4-6-8-20)27(33)30-19-9-11-21(12-10-19)36-25-15-16-29-24-17-22(35-3)13-14-23(24)25/h4-17H,1-3H3,(H,30,33). The monoisotopic (exact) mass is 480 g/mol. The zero-order chi connectivity index (χ0) is 25.2. The maximum atomic E-state index is 13.1. The molecular weight excluding hydrogens is 456 g/mol. The van der Waals surface area contributed by atoms with Crippen LogP contribution in [0, 0.1) is 6.92 Å². The van der Waals surface area contributed by atoms with Gasteiger partial charge in [-0.25, -0.2) is 4.68 Å². The van der Waals surface area contributed by atoms with E-state index in [0.717, 1.165) is 16.7 Å². The third-order valence-electron chi connectivity index (χ3n) is 6.03. The predicted octanol–water partition coefficient (Wildman–Crippen LogP) is 5.09. The zero-order valence-corrected chi connectivity index (χ0v) is 20.1. The number of aromatic nitrogens is 3. The fourth-order valence-electron chi connectivity index (χ4n) is 4.07. The Kier molecular flexibility index (Phi) is 6.00. The second kappa shape index (κ2) is 9.42. The van der Waals surface area contributed by atoms with Crippen LogP contribution >= 0.6 is 0 Å². The maximum Gasteiger partial charge on any atom is 0.284 e. The Morgan fingerprint density at radius 3 is 2.39 bits per heavy atom. The molecule has 1 N–H and O–H groups in total. The fraction of sp³-hybridized carbons (Fsp3) is 0.107. The van der Waals surface area contributed by atoms with E-state index in [9.17, 15) is 9.59 Å². The first-order chi connectivity index (χ1) is 17.5. The fourth-order valence-corrected chi connectivity index (χ4v) is 4.07. The van der Waals surface area contributed by atoms with Crippen molar-refractivity contribution in [2.24, 2.45) is 7.05 Å². The molecule has 2 heterocycles. The summed E-state index contributed by atoms with van der Waals surface area (Å²) in [5.41, 5.74) is 2.29. The first kappa shape index (κ1) is 22.9. The highest BCUT2D eigenvalue weighted by Gasteiger charge is 2.22. The number of para-hydroxylation sites is 1. The molecule has 8 nitrogen and oxygen atoms in total. The molecule has 0 radical (unpaired) electrons.